The molecule has 0 N–H and O–H groups in total. The van der Waals surface area contributed by atoms with E-state index in [1.807, 2.05) is 6.08 Å². The van der Waals surface area contributed by atoms with E-state index >= 15 is 0 Å². The monoisotopic (exact) mass is 1070 g/mol. The molecule has 0 aliphatic rings. The molecule has 444 valence electrons. The highest BCUT2D eigenvalue weighted by Gasteiger charge is 2.19. The predicted octanol–water partition coefficient (Wildman–Crippen LogP) is 22.7. The summed E-state index contributed by atoms with van der Waals surface area (Å²) in [5, 5.41) is 0. The fourth-order valence-corrected chi connectivity index (χ4v) is 9.49. The highest BCUT2D eigenvalue weighted by Crippen LogP contribution is 2.17. The number of allylic oxidation sites excluding steroid dienone is 13. The normalized spacial score (nSPS) is 12.6. The van der Waals surface area contributed by atoms with E-state index in [0.29, 0.717) is 12.8 Å². The first-order valence-corrected chi connectivity index (χ1v) is 33.1. The number of hydrogen-bond acceptors (Lipinski definition) is 6. The van der Waals surface area contributed by atoms with E-state index in [0.717, 1.165) is 77.0 Å². The van der Waals surface area contributed by atoms with Gasteiger partial charge in [-0.15, -0.1) is 0 Å². The van der Waals surface area contributed by atoms with Gasteiger partial charge < -0.3 is 14.2 Å². The molecule has 77 heavy (non-hydrogen) atoms. The lowest BCUT2D eigenvalue weighted by Gasteiger charge is -2.18. The molecule has 0 radical (unpaired) electrons. The van der Waals surface area contributed by atoms with Crippen LogP contribution < -0.4 is 0 Å². The largest absolute Gasteiger partial charge is 0.462 e. The third kappa shape index (κ3) is 63.3. The molecule has 0 spiro atoms. The lowest BCUT2D eigenvalue weighted by atomic mass is 10.0. The first-order chi connectivity index (χ1) is 38.0. The van der Waals surface area contributed by atoms with E-state index in [2.05, 4.69) is 93.7 Å². The summed E-state index contributed by atoms with van der Waals surface area (Å²) in [6.45, 7) is 6.46. The number of hydrogen-bond donors (Lipinski definition) is 0. The lowest BCUT2D eigenvalue weighted by Crippen LogP contribution is -2.30. The summed E-state index contributed by atoms with van der Waals surface area (Å²) >= 11 is 0. The molecule has 0 aliphatic heterocycles. The Morgan fingerprint density at radius 1 is 0.286 bits per heavy atom. The van der Waals surface area contributed by atoms with E-state index in [1.165, 1.54) is 212 Å². The number of rotatable bonds is 60. The Bertz CT molecular complexity index is 1470. The van der Waals surface area contributed by atoms with Crippen molar-refractivity contribution in [2.45, 2.75) is 335 Å². The molecule has 0 rings (SSSR count). The summed E-state index contributed by atoms with van der Waals surface area (Å²) in [5.74, 6) is -1.03. The molecule has 0 aromatic carbocycles. The van der Waals surface area contributed by atoms with Crippen molar-refractivity contribution >= 4 is 17.9 Å². The molecule has 6 heteroatoms. The first-order valence-electron chi connectivity index (χ1n) is 33.1. The molecule has 0 aliphatic carbocycles. The molecule has 1 unspecified atom stereocenters. The molecule has 0 saturated heterocycles. The topological polar surface area (TPSA) is 78.9 Å². The Morgan fingerprint density at radius 3 is 0.857 bits per heavy atom. The number of carbonyl (C=O) groups is 3. The molecule has 0 aromatic rings. The van der Waals surface area contributed by atoms with Crippen molar-refractivity contribution in [2.75, 3.05) is 13.2 Å². The Labute approximate surface area is 477 Å². The van der Waals surface area contributed by atoms with Crippen LogP contribution in [0.4, 0.5) is 0 Å². The van der Waals surface area contributed by atoms with Gasteiger partial charge in [-0.25, -0.2) is 0 Å². The second-order valence-electron chi connectivity index (χ2n) is 22.0. The summed E-state index contributed by atoms with van der Waals surface area (Å²) in [4.78, 5) is 38.2. The molecule has 0 amide bonds. The second-order valence-corrected chi connectivity index (χ2v) is 22.0. The maximum atomic E-state index is 12.8. The number of carbonyl (C=O) groups excluding carboxylic acids is 3. The Morgan fingerprint density at radius 2 is 0.545 bits per heavy atom. The standard InChI is InChI=1S/C71H124O6/c1-4-7-10-13-16-19-22-25-27-28-29-30-31-32-33-34-35-36-37-38-39-40-41-42-44-46-49-52-55-58-61-64-70(73)76-67-68(66-75-69(72)63-60-57-54-51-48-45-24-21-18-15-12-9-6-3)77-71(74)65-62-59-56-53-50-47-43-26-23-20-17-14-11-8-5-2/h8,11,17,20,22,25-26,28-29,43,50,53,59,62,68H,4-7,9-10,12-16,18-19,21,23-24,27,30-42,44-49,51-52,54-58,60-61,63-67H2,1-3H3/b11-8-,20-17-,25-22-,29-28-,43-26-,53-50-,62-59-. The van der Waals surface area contributed by atoms with Gasteiger partial charge in [0.15, 0.2) is 6.10 Å². The van der Waals surface area contributed by atoms with E-state index in [-0.39, 0.29) is 31.6 Å². The third-order valence-electron chi connectivity index (χ3n) is 14.4. The first kappa shape index (κ1) is 73.6. The Hall–Kier alpha value is -3.41. The van der Waals surface area contributed by atoms with E-state index in [9.17, 15) is 14.4 Å². The quantitative estimate of drug-likeness (QED) is 0.0261. The highest BCUT2D eigenvalue weighted by molar-refractivity contribution is 5.72. The zero-order valence-corrected chi connectivity index (χ0v) is 51.0. The van der Waals surface area contributed by atoms with Crippen LogP contribution in [-0.2, 0) is 28.6 Å². The zero-order chi connectivity index (χ0) is 55.7. The van der Waals surface area contributed by atoms with Crippen molar-refractivity contribution in [3.05, 3.63) is 85.1 Å². The minimum absolute atomic E-state index is 0.0996. The molecule has 0 heterocycles. The summed E-state index contributed by atoms with van der Waals surface area (Å²) in [7, 11) is 0. The Kier molecular flexibility index (Phi) is 62.2. The highest BCUT2D eigenvalue weighted by atomic mass is 16.6. The minimum atomic E-state index is -0.828. The maximum Gasteiger partial charge on any atom is 0.310 e. The van der Waals surface area contributed by atoms with E-state index in [4.69, 9.17) is 14.2 Å². The zero-order valence-electron chi connectivity index (χ0n) is 51.0. The summed E-state index contributed by atoms with van der Waals surface area (Å²) in [5.41, 5.74) is 0. The SMILES string of the molecule is CC/C=C\C/C=C\C/C=C\C/C=C\C/C=C\CC(=O)OC(COC(=O)CCCCCCCCCCCCCCC)COC(=O)CCCCCCCCCCCCCCCCCCCCC/C=C\C/C=C\CCCCCCC. The summed E-state index contributed by atoms with van der Waals surface area (Å²) in [6, 6.07) is 0. The van der Waals surface area contributed by atoms with E-state index < -0.39 is 12.1 Å². The van der Waals surface area contributed by atoms with Crippen molar-refractivity contribution in [1.29, 1.82) is 0 Å². The molecule has 0 aromatic heterocycles. The number of esters is 3. The smallest absolute Gasteiger partial charge is 0.310 e. The van der Waals surface area contributed by atoms with Gasteiger partial charge in [0.25, 0.3) is 0 Å². The fraction of sp³-hybridized carbons (Fsp3) is 0.761. The van der Waals surface area contributed by atoms with Gasteiger partial charge in [-0.3, -0.25) is 14.4 Å². The van der Waals surface area contributed by atoms with Crippen LogP contribution in [0.25, 0.3) is 0 Å². The maximum absolute atomic E-state index is 12.8. The van der Waals surface area contributed by atoms with Gasteiger partial charge in [0.1, 0.15) is 13.2 Å². The minimum Gasteiger partial charge on any atom is -0.462 e. The van der Waals surface area contributed by atoms with Crippen molar-refractivity contribution in [2.24, 2.45) is 0 Å². The average Bonchev–Trinajstić information content (AvgIpc) is 3.43. The van der Waals surface area contributed by atoms with Gasteiger partial charge >= 0.3 is 17.9 Å². The van der Waals surface area contributed by atoms with Gasteiger partial charge in [-0.2, -0.15) is 0 Å². The van der Waals surface area contributed by atoms with Crippen molar-refractivity contribution in [3.8, 4) is 0 Å². The molecule has 6 nitrogen and oxygen atoms in total. The third-order valence-corrected chi connectivity index (χ3v) is 14.4. The predicted molar refractivity (Wildman–Crippen MR) is 334 cm³/mol. The molecular formula is C71H124O6. The van der Waals surface area contributed by atoms with Gasteiger partial charge in [0, 0.05) is 12.8 Å². The molecule has 1 atom stereocenters. The van der Waals surface area contributed by atoms with Gasteiger partial charge in [-0.05, 0) is 77.0 Å². The average molecular weight is 1070 g/mol. The molecule has 0 saturated carbocycles. The van der Waals surface area contributed by atoms with Crippen LogP contribution in [0.3, 0.4) is 0 Å². The Balaban J connectivity index is 4.21. The number of ether oxygens (including phenoxy) is 3. The van der Waals surface area contributed by atoms with Crippen LogP contribution in [0.2, 0.25) is 0 Å². The van der Waals surface area contributed by atoms with Crippen molar-refractivity contribution in [1.82, 2.24) is 0 Å². The van der Waals surface area contributed by atoms with Crippen LogP contribution in [0.5, 0.6) is 0 Å². The molecule has 0 bridgehead atoms. The van der Waals surface area contributed by atoms with Crippen LogP contribution in [-0.4, -0.2) is 37.2 Å². The fourth-order valence-electron chi connectivity index (χ4n) is 9.49. The van der Waals surface area contributed by atoms with Crippen LogP contribution in [0.1, 0.15) is 329 Å². The van der Waals surface area contributed by atoms with E-state index in [1.54, 1.807) is 6.08 Å². The number of unbranched alkanes of at least 4 members (excludes halogenated alkanes) is 36. The van der Waals surface area contributed by atoms with Gasteiger partial charge in [0.05, 0.1) is 6.42 Å². The van der Waals surface area contributed by atoms with Crippen molar-refractivity contribution in [3.63, 3.8) is 0 Å². The van der Waals surface area contributed by atoms with Crippen molar-refractivity contribution < 1.29 is 28.6 Å². The van der Waals surface area contributed by atoms with Gasteiger partial charge in [-0.1, -0.05) is 318 Å². The lowest BCUT2D eigenvalue weighted by molar-refractivity contribution is -0.166. The summed E-state index contributed by atoms with van der Waals surface area (Å²) < 4.78 is 16.8. The molecule has 0 fully saturated rings. The second kappa shape index (κ2) is 65.1. The van der Waals surface area contributed by atoms with Crippen LogP contribution >= 0.6 is 0 Å². The van der Waals surface area contributed by atoms with Crippen LogP contribution in [0.15, 0.2) is 85.1 Å². The molecular weight excluding hydrogens is 949 g/mol. The van der Waals surface area contributed by atoms with Crippen LogP contribution in [0, 0.1) is 0 Å². The summed E-state index contributed by atoms with van der Waals surface area (Å²) in [6.07, 6.45) is 86.4. The van der Waals surface area contributed by atoms with Gasteiger partial charge in [0.2, 0.25) is 0 Å².